The van der Waals surface area contributed by atoms with E-state index >= 15 is 0 Å². The first-order chi connectivity index (χ1) is 12.6. The molecule has 0 bridgehead atoms. The lowest BCUT2D eigenvalue weighted by molar-refractivity contribution is -0.118. The molecule has 7 heteroatoms. The predicted octanol–water partition coefficient (Wildman–Crippen LogP) is 2.88. The Morgan fingerprint density at radius 1 is 1.00 bits per heavy atom. The molecule has 1 aromatic carbocycles. The summed E-state index contributed by atoms with van der Waals surface area (Å²) >= 11 is 0. The van der Waals surface area contributed by atoms with Gasteiger partial charge in [-0.15, -0.1) is 12.4 Å². The van der Waals surface area contributed by atoms with Crippen molar-refractivity contribution in [1.29, 1.82) is 0 Å². The molecule has 1 aromatic rings. The fourth-order valence-corrected chi connectivity index (χ4v) is 4.66. The molecule has 0 atom stereocenters. The Labute approximate surface area is 170 Å². The van der Waals surface area contributed by atoms with E-state index in [1.807, 2.05) is 30.3 Å². The minimum atomic E-state index is -3.35. The first-order valence-corrected chi connectivity index (χ1v) is 11.6. The number of carbonyl (C=O) groups excluding carboxylic acids is 1. The van der Waals surface area contributed by atoms with Gasteiger partial charge in [0.15, 0.2) is 9.84 Å². The molecule has 154 valence electrons. The molecule has 1 fully saturated rings. The summed E-state index contributed by atoms with van der Waals surface area (Å²) in [6.45, 7) is 1.18. The topological polar surface area (TPSA) is 75.3 Å². The Hall–Kier alpha value is -1.11. The fourth-order valence-electron chi connectivity index (χ4n) is 3.43. The van der Waals surface area contributed by atoms with Crippen molar-refractivity contribution >= 4 is 28.2 Å². The van der Waals surface area contributed by atoms with Gasteiger partial charge in [0.1, 0.15) is 5.75 Å². The number of amides is 1. The molecule has 1 saturated carbocycles. The van der Waals surface area contributed by atoms with Crippen molar-refractivity contribution in [1.82, 2.24) is 10.6 Å². The van der Waals surface area contributed by atoms with Gasteiger partial charge in [0.2, 0.25) is 5.91 Å². The summed E-state index contributed by atoms with van der Waals surface area (Å²) in [4.78, 5) is 11.9. The molecular formula is C20H33ClN2O3S. The largest absolute Gasteiger partial charge is 0.354 e. The maximum absolute atomic E-state index is 12.1. The van der Waals surface area contributed by atoms with Crippen LogP contribution in [0.5, 0.6) is 0 Å². The van der Waals surface area contributed by atoms with E-state index in [1.165, 1.54) is 38.5 Å². The van der Waals surface area contributed by atoms with Gasteiger partial charge in [-0.2, -0.15) is 0 Å². The maximum Gasteiger partial charge on any atom is 0.235 e. The lowest BCUT2D eigenvalue weighted by Gasteiger charge is -2.16. The molecule has 0 saturated heterocycles. The van der Waals surface area contributed by atoms with Gasteiger partial charge in [-0.05, 0) is 31.2 Å². The van der Waals surface area contributed by atoms with E-state index in [-0.39, 0.29) is 18.2 Å². The van der Waals surface area contributed by atoms with Gasteiger partial charge in [-0.3, -0.25) is 4.79 Å². The van der Waals surface area contributed by atoms with Crippen molar-refractivity contribution < 1.29 is 13.2 Å². The molecule has 0 aliphatic heterocycles. The van der Waals surface area contributed by atoms with E-state index in [0.29, 0.717) is 32.0 Å². The molecule has 1 aliphatic carbocycles. The average molecular weight is 417 g/mol. The number of hydrogen-bond acceptors (Lipinski definition) is 4. The average Bonchev–Trinajstić information content (AvgIpc) is 2.88. The fraction of sp³-hybridized carbons (Fsp3) is 0.650. The van der Waals surface area contributed by atoms with Crippen LogP contribution < -0.4 is 10.6 Å². The number of sulfone groups is 1. The first-order valence-electron chi connectivity index (χ1n) is 9.79. The number of halogens is 1. The molecular weight excluding hydrogens is 384 g/mol. The normalized spacial score (nSPS) is 15.6. The molecule has 0 radical (unpaired) electrons. The standard InChI is InChI=1S/C20H32N2O3S.ClH/c23-20(22-15-14-21-19-12-6-1-2-7-13-19)17-26(24,25)16-8-11-18-9-4-3-5-10-18;/h3-5,9-10,19,21H,1-2,6-8,11-17H2,(H,22,23);1H. The molecule has 0 spiro atoms. The third-order valence-corrected chi connectivity index (χ3v) is 6.46. The second-order valence-electron chi connectivity index (χ2n) is 7.17. The van der Waals surface area contributed by atoms with Crippen molar-refractivity contribution in [3.8, 4) is 0 Å². The number of hydrogen-bond donors (Lipinski definition) is 2. The molecule has 5 nitrogen and oxygen atoms in total. The van der Waals surface area contributed by atoms with Crippen molar-refractivity contribution in [2.75, 3.05) is 24.6 Å². The predicted molar refractivity (Wildman–Crippen MR) is 113 cm³/mol. The minimum Gasteiger partial charge on any atom is -0.354 e. The summed E-state index contributed by atoms with van der Waals surface area (Å²) in [5.41, 5.74) is 1.12. The number of benzene rings is 1. The maximum atomic E-state index is 12.1. The summed E-state index contributed by atoms with van der Waals surface area (Å²) < 4.78 is 24.1. The van der Waals surface area contributed by atoms with Gasteiger partial charge in [-0.1, -0.05) is 56.0 Å². The van der Waals surface area contributed by atoms with Gasteiger partial charge < -0.3 is 10.6 Å². The first kappa shape index (κ1) is 23.9. The molecule has 0 unspecified atom stereocenters. The van der Waals surface area contributed by atoms with Crippen molar-refractivity contribution in [3.63, 3.8) is 0 Å². The number of rotatable bonds is 10. The Bertz CT molecular complexity index is 630. The molecule has 0 aromatic heterocycles. The number of aryl methyl sites for hydroxylation is 1. The molecule has 1 aliphatic rings. The Morgan fingerprint density at radius 3 is 2.33 bits per heavy atom. The third-order valence-electron chi connectivity index (χ3n) is 4.85. The summed E-state index contributed by atoms with van der Waals surface area (Å²) in [6.07, 6.45) is 8.83. The zero-order chi connectivity index (χ0) is 18.7. The number of carbonyl (C=O) groups is 1. The van der Waals surface area contributed by atoms with Crippen LogP contribution in [0.3, 0.4) is 0 Å². The van der Waals surface area contributed by atoms with Crippen LogP contribution in [0.2, 0.25) is 0 Å². The molecule has 1 amide bonds. The quantitative estimate of drug-likeness (QED) is 0.454. The Morgan fingerprint density at radius 2 is 1.67 bits per heavy atom. The van der Waals surface area contributed by atoms with Crippen LogP contribution in [0.1, 0.15) is 50.5 Å². The third kappa shape index (κ3) is 10.7. The minimum absolute atomic E-state index is 0. The highest BCUT2D eigenvalue weighted by Crippen LogP contribution is 2.16. The lowest BCUT2D eigenvalue weighted by atomic mass is 10.1. The highest BCUT2D eigenvalue weighted by Gasteiger charge is 2.16. The van der Waals surface area contributed by atoms with Crippen LogP contribution in [0.15, 0.2) is 30.3 Å². The molecule has 0 heterocycles. The van der Waals surface area contributed by atoms with E-state index in [2.05, 4.69) is 10.6 Å². The smallest absolute Gasteiger partial charge is 0.235 e. The monoisotopic (exact) mass is 416 g/mol. The van der Waals surface area contributed by atoms with Crippen molar-refractivity contribution in [3.05, 3.63) is 35.9 Å². The van der Waals surface area contributed by atoms with E-state index in [1.54, 1.807) is 0 Å². The molecule has 2 N–H and O–H groups in total. The summed E-state index contributed by atoms with van der Waals surface area (Å²) in [7, 11) is -3.35. The highest BCUT2D eigenvalue weighted by molar-refractivity contribution is 7.92. The second kappa shape index (κ2) is 13.1. The van der Waals surface area contributed by atoms with Gasteiger partial charge >= 0.3 is 0 Å². The number of nitrogens with one attached hydrogen (secondary N) is 2. The molecule has 2 rings (SSSR count). The van der Waals surface area contributed by atoms with Crippen LogP contribution in [-0.4, -0.2) is 45.0 Å². The SMILES string of the molecule is Cl.O=C(CS(=O)(=O)CCCc1ccccc1)NCCNC1CCCCCC1. The summed E-state index contributed by atoms with van der Waals surface area (Å²) in [5, 5.41) is 6.19. The van der Waals surface area contributed by atoms with Crippen LogP contribution in [0.25, 0.3) is 0 Å². The van der Waals surface area contributed by atoms with Gasteiger partial charge in [0, 0.05) is 19.1 Å². The zero-order valence-electron chi connectivity index (χ0n) is 16.0. The Kier molecular flexibility index (Phi) is 11.6. The molecule has 27 heavy (non-hydrogen) atoms. The van der Waals surface area contributed by atoms with Gasteiger partial charge in [-0.25, -0.2) is 8.42 Å². The summed E-state index contributed by atoms with van der Waals surface area (Å²) in [5.74, 6) is -0.756. The second-order valence-corrected chi connectivity index (χ2v) is 9.36. The summed E-state index contributed by atoms with van der Waals surface area (Å²) in [6, 6.07) is 10.3. The van der Waals surface area contributed by atoms with E-state index in [9.17, 15) is 13.2 Å². The highest BCUT2D eigenvalue weighted by atomic mass is 35.5. The van der Waals surface area contributed by atoms with Crippen molar-refractivity contribution in [2.45, 2.75) is 57.4 Å². The van der Waals surface area contributed by atoms with Crippen LogP contribution in [0.4, 0.5) is 0 Å². The van der Waals surface area contributed by atoms with Crippen LogP contribution in [0, 0.1) is 0 Å². The van der Waals surface area contributed by atoms with Gasteiger partial charge in [0.05, 0.1) is 5.75 Å². The van der Waals surface area contributed by atoms with E-state index in [0.717, 1.165) is 5.56 Å². The van der Waals surface area contributed by atoms with E-state index < -0.39 is 21.5 Å². The van der Waals surface area contributed by atoms with Crippen LogP contribution in [-0.2, 0) is 21.1 Å². The van der Waals surface area contributed by atoms with Gasteiger partial charge in [0.25, 0.3) is 0 Å². The zero-order valence-corrected chi connectivity index (χ0v) is 17.6. The van der Waals surface area contributed by atoms with Crippen LogP contribution >= 0.6 is 12.4 Å². The van der Waals surface area contributed by atoms with Crippen molar-refractivity contribution in [2.24, 2.45) is 0 Å². The lowest BCUT2D eigenvalue weighted by Crippen LogP contribution is -2.39. The van der Waals surface area contributed by atoms with E-state index in [4.69, 9.17) is 0 Å². The Balaban J connectivity index is 0.00000364.